The van der Waals surface area contributed by atoms with Crippen LogP contribution in [-0.2, 0) is 0 Å². The molecule has 0 aliphatic carbocycles. The van der Waals surface area contributed by atoms with Crippen molar-refractivity contribution in [2.24, 2.45) is 0 Å². The second-order valence-corrected chi connectivity index (χ2v) is 11.3. The number of aliphatic hydroxyl groups is 1. The van der Waals surface area contributed by atoms with E-state index in [1.807, 2.05) is 0 Å². The molecule has 0 heterocycles. The molecule has 84 valence electrons. The molecule has 0 unspecified atom stereocenters. The van der Waals surface area contributed by atoms with Gasteiger partial charge in [-0.15, -0.1) is 6.58 Å². The van der Waals surface area contributed by atoms with Gasteiger partial charge in [-0.1, -0.05) is 47.7 Å². The lowest BCUT2D eigenvalue weighted by atomic mass is 10.1. The fourth-order valence-electron chi connectivity index (χ4n) is 1.15. The van der Waals surface area contributed by atoms with Crippen LogP contribution < -0.4 is 0 Å². The average Bonchev–Trinajstić information content (AvgIpc) is 2.10. The van der Waals surface area contributed by atoms with Crippen LogP contribution in [0.3, 0.4) is 0 Å². The Labute approximate surface area is 97.7 Å². The standard InChI is InChI=1S/C11H23BrOSi/c1-6-10(12)11(13)8-7-9(2)14(3,4)5/h10-11,13H,2,6-8H2,1,3-5H3/t10-,11-/m0/s1. The van der Waals surface area contributed by atoms with Crippen LogP contribution in [-0.4, -0.2) is 24.1 Å². The van der Waals surface area contributed by atoms with E-state index in [1.54, 1.807) is 0 Å². The van der Waals surface area contributed by atoms with E-state index in [-0.39, 0.29) is 10.9 Å². The van der Waals surface area contributed by atoms with E-state index >= 15 is 0 Å². The zero-order valence-electron chi connectivity index (χ0n) is 9.81. The molecule has 0 amide bonds. The lowest BCUT2D eigenvalue weighted by Crippen LogP contribution is -2.26. The first-order valence-electron chi connectivity index (χ1n) is 5.29. The predicted octanol–water partition coefficient (Wildman–Crippen LogP) is 3.73. The lowest BCUT2D eigenvalue weighted by molar-refractivity contribution is 0.162. The van der Waals surface area contributed by atoms with Crippen LogP contribution in [0.15, 0.2) is 11.8 Å². The molecular formula is C11H23BrOSi. The number of alkyl halides is 1. The number of hydrogen-bond donors (Lipinski definition) is 1. The molecule has 1 N–H and O–H groups in total. The second kappa shape index (κ2) is 6.08. The Morgan fingerprint density at radius 3 is 2.29 bits per heavy atom. The summed E-state index contributed by atoms with van der Waals surface area (Å²) in [5.41, 5.74) is 0. The van der Waals surface area contributed by atoms with Crippen molar-refractivity contribution < 1.29 is 5.11 Å². The van der Waals surface area contributed by atoms with E-state index in [1.165, 1.54) is 5.20 Å². The Bertz CT molecular complexity index is 186. The van der Waals surface area contributed by atoms with Gasteiger partial charge >= 0.3 is 0 Å². The van der Waals surface area contributed by atoms with Crippen molar-refractivity contribution >= 4 is 24.0 Å². The van der Waals surface area contributed by atoms with Gasteiger partial charge in [-0.3, -0.25) is 0 Å². The third-order valence-electron chi connectivity index (χ3n) is 2.61. The van der Waals surface area contributed by atoms with Crippen molar-refractivity contribution in [3.8, 4) is 0 Å². The SMILES string of the molecule is C=C(CC[C@H](O)[C@@H](Br)CC)[Si](C)(C)C. The molecule has 0 saturated heterocycles. The molecule has 0 rings (SSSR count). The van der Waals surface area contributed by atoms with Crippen LogP contribution in [0.4, 0.5) is 0 Å². The fraction of sp³-hybridized carbons (Fsp3) is 0.818. The highest BCUT2D eigenvalue weighted by atomic mass is 79.9. The zero-order chi connectivity index (χ0) is 11.4. The Morgan fingerprint density at radius 1 is 1.43 bits per heavy atom. The third-order valence-corrected chi connectivity index (χ3v) is 6.24. The van der Waals surface area contributed by atoms with Crippen molar-refractivity contribution in [2.45, 2.75) is 56.8 Å². The highest BCUT2D eigenvalue weighted by Crippen LogP contribution is 2.21. The van der Waals surface area contributed by atoms with Crippen LogP contribution >= 0.6 is 15.9 Å². The largest absolute Gasteiger partial charge is 0.392 e. The number of halogens is 1. The molecule has 0 aliphatic rings. The maximum Gasteiger partial charge on any atom is 0.0716 e. The molecule has 2 atom stereocenters. The summed E-state index contributed by atoms with van der Waals surface area (Å²) in [7, 11) is -1.19. The Hall–Kier alpha value is 0.397. The zero-order valence-corrected chi connectivity index (χ0v) is 12.4. The number of rotatable bonds is 6. The summed E-state index contributed by atoms with van der Waals surface area (Å²) in [6.45, 7) is 13.1. The van der Waals surface area contributed by atoms with Crippen LogP contribution in [0.25, 0.3) is 0 Å². The Kier molecular flexibility index (Phi) is 6.26. The van der Waals surface area contributed by atoms with Gasteiger partial charge in [0, 0.05) is 4.83 Å². The van der Waals surface area contributed by atoms with E-state index in [0.29, 0.717) is 0 Å². The molecule has 0 aromatic rings. The lowest BCUT2D eigenvalue weighted by Gasteiger charge is -2.22. The first-order valence-corrected chi connectivity index (χ1v) is 9.71. The average molecular weight is 279 g/mol. The van der Waals surface area contributed by atoms with Crippen LogP contribution in [0.2, 0.25) is 19.6 Å². The van der Waals surface area contributed by atoms with Gasteiger partial charge in [0.2, 0.25) is 0 Å². The van der Waals surface area contributed by atoms with E-state index in [2.05, 4.69) is 49.1 Å². The van der Waals surface area contributed by atoms with Gasteiger partial charge < -0.3 is 5.11 Å². The molecule has 0 radical (unpaired) electrons. The Morgan fingerprint density at radius 2 is 1.93 bits per heavy atom. The van der Waals surface area contributed by atoms with Crippen molar-refractivity contribution in [3.63, 3.8) is 0 Å². The molecule has 14 heavy (non-hydrogen) atoms. The topological polar surface area (TPSA) is 20.2 Å². The molecule has 0 saturated carbocycles. The summed E-state index contributed by atoms with van der Waals surface area (Å²) in [4.78, 5) is 0.233. The molecule has 3 heteroatoms. The summed E-state index contributed by atoms with van der Waals surface area (Å²) >= 11 is 3.47. The van der Waals surface area contributed by atoms with Crippen molar-refractivity contribution in [2.75, 3.05) is 0 Å². The van der Waals surface area contributed by atoms with E-state index in [9.17, 15) is 5.11 Å². The third kappa shape index (κ3) is 5.32. The molecule has 0 aromatic heterocycles. The van der Waals surface area contributed by atoms with Gasteiger partial charge in [0.1, 0.15) is 0 Å². The van der Waals surface area contributed by atoms with Crippen molar-refractivity contribution in [1.82, 2.24) is 0 Å². The second-order valence-electron chi connectivity index (χ2n) is 4.88. The molecule has 0 aromatic carbocycles. The number of aliphatic hydroxyl groups excluding tert-OH is 1. The summed E-state index contributed by atoms with van der Waals surface area (Å²) in [6.07, 6.45) is 2.56. The van der Waals surface area contributed by atoms with Gasteiger partial charge in [-0.25, -0.2) is 0 Å². The Balaban J connectivity index is 3.89. The van der Waals surface area contributed by atoms with Crippen LogP contribution in [0.1, 0.15) is 26.2 Å². The quantitative estimate of drug-likeness (QED) is 0.580. The van der Waals surface area contributed by atoms with Crippen LogP contribution in [0, 0.1) is 0 Å². The minimum atomic E-state index is -1.19. The van der Waals surface area contributed by atoms with Gasteiger partial charge in [-0.2, -0.15) is 0 Å². The first kappa shape index (κ1) is 14.4. The summed E-state index contributed by atoms with van der Waals surface area (Å²) in [5, 5.41) is 11.1. The normalized spacial score (nSPS) is 16.4. The van der Waals surface area contributed by atoms with Crippen molar-refractivity contribution in [3.05, 3.63) is 11.8 Å². The van der Waals surface area contributed by atoms with Gasteiger partial charge in [-0.05, 0) is 19.3 Å². The van der Waals surface area contributed by atoms with Gasteiger partial charge in [0.25, 0.3) is 0 Å². The molecule has 0 bridgehead atoms. The molecule has 1 nitrogen and oxygen atoms in total. The summed E-state index contributed by atoms with van der Waals surface area (Å²) < 4.78 is 0. The highest BCUT2D eigenvalue weighted by Gasteiger charge is 2.20. The molecule has 0 aliphatic heterocycles. The van der Waals surface area contributed by atoms with Crippen molar-refractivity contribution in [1.29, 1.82) is 0 Å². The van der Waals surface area contributed by atoms with Gasteiger partial charge in [0.05, 0.1) is 14.2 Å². The van der Waals surface area contributed by atoms with E-state index in [4.69, 9.17) is 0 Å². The predicted molar refractivity (Wildman–Crippen MR) is 70.7 cm³/mol. The van der Waals surface area contributed by atoms with E-state index in [0.717, 1.165) is 19.3 Å². The monoisotopic (exact) mass is 278 g/mol. The minimum Gasteiger partial charge on any atom is -0.392 e. The minimum absolute atomic E-state index is 0.229. The van der Waals surface area contributed by atoms with Crippen LogP contribution in [0.5, 0.6) is 0 Å². The highest BCUT2D eigenvalue weighted by molar-refractivity contribution is 9.09. The number of hydrogen-bond acceptors (Lipinski definition) is 1. The summed E-state index contributed by atoms with van der Waals surface area (Å²) in [6, 6.07) is 0. The summed E-state index contributed by atoms with van der Waals surface area (Å²) in [5.74, 6) is 0. The maximum absolute atomic E-state index is 9.76. The van der Waals surface area contributed by atoms with E-state index < -0.39 is 8.07 Å². The molecular weight excluding hydrogens is 256 g/mol. The smallest absolute Gasteiger partial charge is 0.0716 e. The maximum atomic E-state index is 9.76. The fourth-order valence-corrected chi connectivity index (χ4v) is 2.31. The molecule has 0 spiro atoms. The first-order chi connectivity index (χ1) is 6.29. The molecule has 0 fully saturated rings. The number of allylic oxidation sites excluding steroid dienone is 1. The van der Waals surface area contributed by atoms with Gasteiger partial charge in [0.15, 0.2) is 0 Å².